The van der Waals surface area contributed by atoms with Crippen molar-refractivity contribution in [1.29, 1.82) is 0 Å². The van der Waals surface area contributed by atoms with Crippen LogP contribution < -0.4 is 0 Å². The summed E-state index contributed by atoms with van der Waals surface area (Å²) in [4.78, 5) is 29.8. The second-order valence-electron chi connectivity index (χ2n) is 16.4. The number of rotatable bonds is 7. The Balaban J connectivity index is 2.20. The van der Waals surface area contributed by atoms with Gasteiger partial charge in [-0.25, -0.2) is 0 Å². The molecule has 5 unspecified atom stereocenters. The zero-order valence-corrected chi connectivity index (χ0v) is 33.2. The minimum absolute atomic E-state index is 0.109. The molecule has 0 aromatic rings. The number of Topliss-reactive ketones (excluding diaryl/α,β-unsaturated/α-hetero) is 1. The maximum Gasteiger partial charge on any atom is 0.311 e. The Hall–Kier alpha value is -1.30. The fraction of sp³-hybridized carbons (Fsp3) is 0.946. The number of likely N-dealkylation sites (N-methyl/N-ethyl adjacent to an activating group) is 1. The number of hydrogen-bond acceptors (Lipinski definition) is 14. The Morgan fingerprint density at radius 1 is 0.804 bits per heavy atom. The Bertz CT molecular complexity index is 1170. The zero-order chi connectivity index (χ0) is 39.0. The van der Waals surface area contributed by atoms with E-state index in [1.54, 1.807) is 34.6 Å². The molecule has 0 spiro atoms. The molecule has 0 aromatic carbocycles. The maximum absolute atomic E-state index is 14.0. The summed E-state index contributed by atoms with van der Waals surface area (Å²) >= 11 is 0. The third kappa shape index (κ3) is 9.33. The molecule has 3 aliphatic rings. The van der Waals surface area contributed by atoms with Crippen LogP contribution in [0.25, 0.3) is 0 Å². The standard InChI is InChI=1S/C37H67NO13/c1-18-16-36(9,46-14)32(51-34-28(40)25(38(11)12)15-19(2)47-34)21(4)29(50-26-17-35(8,45-13)31(42)23(6)48-26)22(5)33(43)49-24(7)37(10,44)30(41)20(3)27(18)39/h18-26,28-32,34,40-42,44H,15-17H2,1-14H3/t18-,19?,20+,21+,22-,23?,24-,25?,26+,28?,29+,30-,31+,32-,34+,35?,36-,37-/m1/s1. The average molecular weight is 734 g/mol. The molecule has 18 atom stereocenters. The summed E-state index contributed by atoms with van der Waals surface area (Å²) in [5.74, 6) is -4.50. The molecule has 3 fully saturated rings. The minimum Gasteiger partial charge on any atom is -0.459 e. The normalized spacial score (nSPS) is 49.7. The lowest BCUT2D eigenvalue weighted by atomic mass is 9.74. The summed E-state index contributed by atoms with van der Waals surface area (Å²) in [5, 5.41) is 45.2. The lowest BCUT2D eigenvalue weighted by Crippen LogP contribution is -2.61. The van der Waals surface area contributed by atoms with Gasteiger partial charge < -0.3 is 58.5 Å². The second kappa shape index (κ2) is 17.0. The number of carbonyl (C=O) groups excluding carboxylic acids is 2. The number of methoxy groups -OCH3 is 2. The molecule has 3 rings (SSSR count). The number of aliphatic hydroxyl groups is 4. The Morgan fingerprint density at radius 2 is 1.39 bits per heavy atom. The molecule has 0 saturated carbocycles. The molecule has 0 amide bonds. The lowest BCUT2D eigenvalue weighted by Gasteiger charge is -2.49. The van der Waals surface area contributed by atoms with Crippen LogP contribution in [0.15, 0.2) is 0 Å². The molecule has 0 bridgehead atoms. The Labute approximate surface area is 304 Å². The first-order chi connectivity index (χ1) is 23.4. The van der Waals surface area contributed by atoms with Crippen molar-refractivity contribution in [1.82, 2.24) is 4.90 Å². The van der Waals surface area contributed by atoms with E-state index >= 15 is 0 Å². The van der Waals surface area contributed by atoms with Crippen LogP contribution >= 0.6 is 0 Å². The molecule has 0 aliphatic carbocycles. The van der Waals surface area contributed by atoms with Gasteiger partial charge in [-0.15, -0.1) is 0 Å². The molecule has 14 heteroatoms. The molecular weight excluding hydrogens is 666 g/mol. The van der Waals surface area contributed by atoms with Gasteiger partial charge in [0.15, 0.2) is 12.6 Å². The number of esters is 1. The molecular formula is C37H67NO13. The lowest BCUT2D eigenvalue weighted by molar-refractivity contribution is -0.319. The Morgan fingerprint density at radius 3 is 1.94 bits per heavy atom. The van der Waals surface area contributed by atoms with Crippen LogP contribution in [-0.2, 0) is 42.7 Å². The Kier molecular flexibility index (Phi) is 14.7. The van der Waals surface area contributed by atoms with Crippen molar-refractivity contribution in [2.45, 2.75) is 173 Å². The average Bonchev–Trinajstić information content (AvgIpc) is 3.07. The zero-order valence-electron chi connectivity index (χ0n) is 33.2. The van der Waals surface area contributed by atoms with Gasteiger partial charge in [-0.3, -0.25) is 9.59 Å². The molecule has 0 aromatic heterocycles. The second-order valence-corrected chi connectivity index (χ2v) is 16.4. The minimum atomic E-state index is -1.97. The third-order valence-corrected chi connectivity index (χ3v) is 12.1. The summed E-state index contributed by atoms with van der Waals surface area (Å²) < 4.78 is 43.6. The molecule has 14 nitrogen and oxygen atoms in total. The molecule has 3 aliphatic heterocycles. The van der Waals surface area contributed by atoms with E-state index in [9.17, 15) is 30.0 Å². The van der Waals surface area contributed by atoms with Crippen LogP contribution in [0.4, 0.5) is 0 Å². The largest absolute Gasteiger partial charge is 0.459 e. The van der Waals surface area contributed by atoms with Gasteiger partial charge in [0.05, 0.1) is 47.6 Å². The van der Waals surface area contributed by atoms with Crippen LogP contribution in [0.2, 0.25) is 0 Å². The van der Waals surface area contributed by atoms with Crippen molar-refractivity contribution >= 4 is 11.8 Å². The smallest absolute Gasteiger partial charge is 0.311 e. The first-order valence-corrected chi connectivity index (χ1v) is 18.3. The predicted octanol–water partition coefficient (Wildman–Crippen LogP) is 2.05. The number of ketones is 1. The fourth-order valence-electron chi connectivity index (χ4n) is 8.17. The fourth-order valence-corrected chi connectivity index (χ4v) is 8.17. The number of ether oxygens (including phenoxy) is 7. The van der Waals surface area contributed by atoms with E-state index in [2.05, 4.69) is 0 Å². The predicted molar refractivity (Wildman–Crippen MR) is 186 cm³/mol. The quantitative estimate of drug-likeness (QED) is 0.279. The maximum atomic E-state index is 14.0. The van der Waals surface area contributed by atoms with Crippen LogP contribution in [0.5, 0.6) is 0 Å². The molecule has 0 radical (unpaired) electrons. The SMILES string of the molecule is COC1(C)C[C@H](O[C@H]2[C@H](C)[C@@H](O[C@@H]3OC(C)CC(N(C)C)C3O)[C@](C)(OC)C[C@@H](C)C(=O)[C@H](C)[C@@H](O)[C@](C)(O)[C@@H](C)OC(=O)[C@@H]2C)OC(C)[C@@H]1O. The summed E-state index contributed by atoms with van der Waals surface area (Å²) in [7, 11) is 6.75. The number of hydrogen-bond donors (Lipinski definition) is 4. The molecule has 298 valence electrons. The van der Waals surface area contributed by atoms with E-state index in [-0.39, 0.29) is 30.8 Å². The van der Waals surface area contributed by atoms with Crippen LogP contribution in [0, 0.1) is 23.7 Å². The number of nitrogens with zero attached hydrogens (tertiary/aromatic N) is 1. The van der Waals surface area contributed by atoms with Gasteiger partial charge >= 0.3 is 5.97 Å². The third-order valence-electron chi connectivity index (χ3n) is 12.1. The van der Waals surface area contributed by atoms with Crippen molar-refractivity contribution in [3.05, 3.63) is 0 Å². The van der Waals surface area contributed by atoms with Crippen LogP contribution in [-0.4, -0.2) is 150 Å². The first-order valence-electron chi connectivity index (χ1n) is 18.3. The van der Waals surface area contributed by atoms with Crippen molar-refractivity contribution in [2.75, 3.05) is 28.3 Å². The van der Waals surface area contributed by atoms with Crippen molar-refractivity contribution < 1.29 is 63.2 Å². The van der Waals surface area contributed by atoms with E-state index < -0.39 is 102 Å². The molecule has 4 N–H and O–H groups in total. The van der Waals surface area contributed by atoms with Crippen LogP contribution in [0.3, 0.4) is 0 Å². The number of cyclic esters (lactones) is 1. The highest BCUT2D eigenvalue weighted by Crippen LogP contribution is 2.41. The van der Waals surface area contributed by atoms with E-state index in [0.29, 0.717) is 6.42 Å². The first kappa shape index (κ1) is 44.1. The van der Waals surface area contributed by atoms with E-state index in [0.717, 1.165) is 0 Å². The summed E-state index contributed by atoms with van der Waals surface area (Å²) in [5.41, 5.74) is -4.25. The number of aliphatic hydroxyl groups excluding tert-OH is 3. The van der Waals surface area contributed by atoms with Gasteiger partial charge in [0.25, 0.3) is 0 Å². The van der Waals surface area contributed by atoms with Gasteiger partial charge in [-0.2, -0.15) is 0 Å². The van der Waals surface area contributed by atoms with Gasteiger partial charge in [-0.05, 0) is 75.4 Å². The summed E-state index contributed by atoms with van der Waals surface area (Å²) in [6.07, 6.45) is -8.94. The highest BCUT2D eigenvalue weighted by Gasteiger charge is 2.53. The molecule has 3 saturated heterocycles. The van der Waals surface area contributed by atoms with E-state index in [4.69, 9.17) is 33.2 Å². The van der Waals surface area contributed by atoms with E-state index in [1.807, 2.05) is 32.8 Å². The van der Waals surface area contributed by atoms with Crippen LogP contribution in [0.1, 0.15) is 88.5 Å². The molecule has 3 heterocycles. The van der Waals surface area contributed by atoms with Gasteiger partial charge in [0.1, 0.15) is 29.7 Å². The summed E-state index contributed by atoms with van der Waals surface area (Å²) in [6, 6.07) is -0.283. The van der Waals surface area contributed by atoms with E-state index in [1.165, 1.54) is 35.0 Å². The van der Waals surface area contributed by atoms with Gasteiger partial charge in [0.2, 0.25) is 0 Å². The van der Waals surface area contributed by atoms with Crippen molar-refractivity contribution in [3.63, 3.8) is 0 Å². The highest BCUT2D eigenvalue weighted by molar-refractivity contribution is 5.83. The van der Waals surface area contributed by atoms with Crippen molar-refractivity contribution in [3.8, 4) is 0 Å². The highest BCUT2D eigenvalue weighted by atomic mass is 16.7. The monoisotopic (exact) mass is 733 g/mol. The van der Waals surface area contributed by atoms with Gasteiger partial charge in [-0.1, -0.05) is 20.8 Å². The van der Waals surface area contributed by atoms with Crippen molar-refractivity contribution in [2.24, 2.45) is 23.7 Å². The number of carbonyl (C=O) groups is 2. The summed E-state index contributed by atoms with van der Waals surface area (Å²) in [6.45, 7) is 16.7. The van der Waals surface area contributed by atoms with Gasteiger partial charge in [0, 0.05) is 44.4 Å². The molecule has 51 heavy (non-hydrogen) atoms. The topological polar surface area (TPSA) is 183 Å².